The number of hydrogen-bond donors (Lipinski definition) is 4. The van der Waals surface area contributed by atoms with Gasteiger partial charge in [0.2, 0.25) is 0 Å². The Labute approximate surface area is 193 Å². The highest BCUT2D eigenvalue weighted by atomic mass is 16.3. The Kier molecular flexibility index (Phi) is 4.64. The zero-order chi connectivity index (χ0) is 24.5. The second-order valence-corrected chi connectivity index (χ2v) is 8.64. The summed E-state index contributed by atoms with van der Waals surface area (Å²) >= 11 is 0. The Hall–Kier alpha value is -4.34. The van der Waals surface area contributed by atoms with Gasteiger partial charge in [0.1, 0.15) is 22.8 Å². The van der Waals surface area contributed by atoms with Crippen molar-refractivity contribution in [2.24, 2.45) is 14.1 Å². The highest BCUT2D eigenvalue weighted by molar-refractivity contribution is 5.88. The standard InChI is InChI=1S/C24H24N6O4/c1-10-6-8-13(9-7-10)16(17-19(31)14-11(2)27-29(4)21(14)25-23(17)33)18-20(32)15-12(3)28-30(5)22(15)26-24(18)34/h6-9,16H,1-5H3,(H2,25,31,33)(H2,26,32,34). The first kappa shape index (κ1) is 21.5. The number of aryl methyl sites for hydroxylation is 5. The fourth-order valence-electron chi connectivity index (χ4n) is 4.78. The molecule has 0 bridgehead atoms. The highest BCUT2D eigenvalue weighted by Gasteiger charge is 2.32. The SMILES string of the molecule is Cc1ccc(C(c2c(O)c3c(C)nn(C)c3[nH]c2=O)c2c(O)c3c(C)nn(C)c3[nH]c2=O)cc1. The van der Waals surface area contributed by atoms with Crippen LogP contribution in [0.5, 0.6) is 11.5 Å². The maximum absolute atomic E-state index is 13.4. The predicted molar refractivity (Wildman–Crippen MR) is 128 cm³/mol. The molecule has 0 aliphatic rings. The van der Waals surface area contributed by atoms with Crippen molar-refractivity contribution < 1.29 is 10.2 Å². The summed E-state index contributed by atoms with van der Waals surface area (Å²) < 4.78 is 2.96. The number of fused-ring (bicyclic) bond motifs is 2. The van der Waals surface area contributed by atoms with Gasteiger partial charge < -0.3 is 20.2 Å². The maximum Gasteiger partial charge on any atom is 0.257 e. The zero-order valence-electron chi connectivity index (χ0n) is 19.4. The van der Waals surface area contributed by atoms with Gasteiger partial charge in [-0.25, -0.2) is 0 Å². The number of hydrogen-bond acceptors (Lipinski definition) is 6. The van der Waals surface area contributed by atoms with Crippen LogP contribution in [0.1, 0.15) is 39.6 Å². The summed E-state index contributed by atoms with van der Waals surface area (Å²) in [4.78, 5) is 32.3. The molecule has 0 unspecified atom stereocenters. The summed E-state index contributed by atoms with van der Waals surface area (Å²) in [6.07, 6.45) is 0. The van der Waals surface area contributed by atoms with Crippen molar-refractivity contribution in [3.8, 4) is 11.5 Å². The second-order valence-electron chi connectivity index (χ2n) is 8.64. The van der Waals surface area contributed by atoms with Gasteiger partial charge in [-0.1, -0.05) is 29.8 Å². The smallest absolute Gasteiger partial charge is 0.257 e. The van der Waals surface area contributed by atoms with Gasteiger partial charge in [-0.05, 0) is 26.3 Å². The summed E-state index contributed by atoms with van der Waals surface area (Å²) in [6, 6.07) is 7.25. The second kappa shape index (κ2) is 7.34. The molecule has 174 valence electrons. The van der Waals surface area contributed by atoms with Crippen LogP contribution in [0.15, 0.2) is 33.9 Å². The van der Waals surface area contributed by atoms with E-state index in [1.807, 2.05) is 19.1 Å². The third-order valence-electron chi connectivity index (χ3n) is 6.37. The highest BCUT2D eigenvalue weighted by Crippen LogP contribution is 2.42. The van der Waals surface area contributed by atoms with Crippen molar-refractivity contribution in [3.05, 3.63) is 78.6 Å². The van der Waals surface area contributed by atoms with E-state index in [-0.39, 0.29) is 22.6 Å². The average Bonchev–Trinajstić information content (AvgIpc) is 3.21. The molecule has 0 fully saturated rings. The monoisotopic (exact) mass is 460 g/mol. The van der Waals surface area contributed by atoms with Gasteiger partial charge in [-0.3, -0.25) is 19.0 Å². The van der Waals surface area contributed by atoms with E-state index in [9.17, 15) is 19.8 Å². The van der Waals surface area contributed by atoms with Gasteiger partial charge in [-0.2, -0.15) is 10.2 Å². The molecule has 34 heavy (non-hydrogen) atoms. The molecular formula is C24H24N6O4. The lowest BCUT2D eigenvalue weighted by atomic mass is 9.84. The molecule has 4 N–H and O–H groups in total. The molecule has 0 atom stereocenters. The third-order valence-corrected chi connectivity index (χ3v) is 6.37. The van der Waals surface area contributed by atoms with Gasteiger partial charge in [0.15, 0.2) is 0 Å². The molecule has 4 aromatic heterocycles. The number of aromatic amines is 2. The Bertz CT molecular complexity index is 1610. The van der Waals surface area contributed by atoms with Crippen LogP contribution in [0, 0.1) is 20.8 Å². The van der Waals surface area contributed by atoms with Crippen LogP contribution in [-0.2, 0) is 14.1 Å². The molecule has 10 nitrogen and oxygen atoms in total. The quantitative estimate of drug-likeness (QED) is 0.326. The van der Waals surface area contributed by atoms with Crippen LogP contribution >= 0.6 is 0 Å². The van der Waals surface area contributed by atoms with Crippen LogP contribution in [0.4, 0.5) is 0 Å². The van der Waals surface area contributed by atoms with Gasteiger partial charge >= 0.3 is 0 Å². The van der Waals surface area contributed by atoms with E-state index in [4.69, 9.17) is 0 Å². The molecule has 5 rings (SSSR count). The van der Waals surface area contributed by atoms with Crippen LogP contribution in [0.25, 0.3) is 22.1 Å². The third kappa shape index (κ3) is 2.95. The minimum atomic E-state index is -1.05. The Morgan fingerprint density at radius 1 is 0.765 bits per heavy atom. The number of nitrogens with zero attached hydrogens (tertiary/aromatic N) is 4. The molecule has 0 saturated carbocycles. The summed E-state index contributed by atoms with van der Waals surface area (Å²) in [5.74, 6) is -1.62. The minimum absolute atomic E-state index is 0.0471. The van der Waals surface area contributed by atoms with Gasteiger partial charge in [-0.15, -0.1) is 0 Å². The fourth-order valence-corrected chi connectivity index (χ4v) is 4.78. The van der Waals surface area contributed by atoms with Crippen LogP contribution in [-0.4, -0.2) is 39.7 Å². The molecule has 5 aromatic rings. The number of rotatable bonds is 3. The minimum Gasteiger partial charge on any atom is -0.507 e. The lowest BCUT2D eigenvalue weighted by molar-refractivity contribution is 0.462. The van der Waals surface area contributed by atoms with E-state index in [0.717, 1.165) is 5.56 Å². The molecule has 0 radical (unpaired) electrons. The first-order valence-corrected chi connectivity index (χ1v) is 10.7. The summed E-state index contributed by atoms with van der Waals surface area (Å²) in [5, 5.41) is 32.0. The Morgan fingerprint density at radius 3 is 1.59 bits per heavy atom. The lowest BCUT2D eigenvalue weighted by Crippen LogP contribution is -2.25. The van der Waals surface area contributed by atoms with Gasteiger partial charge in [0.25, 0.3) is 11.1 Å². The molecule has 0 spiro atoms. The van der Waals surface area contributed by atoms with E-state index in [2.05, 4.69) is 20.2 Å². The topological polar surface area (TPSA) is 142 Å². The van der Waals surface area contributed by atoms with Crippen LogP contribution < -0.4 is 11.1 Å². The fraction of sp³-hybridized carbons (Fsp3) is 0.250. The number of aromatic hydroxyl groups is 2. The van der Waals surface area contributed by atoms with Crippen molar-refractivity contribution in [3.63, 3.8) is 0 Å². The number of pyridine rings is 2. The largest absolute Gasteiger partial charge is 0.507 e. The summed E-state index contributed by atoms with van der Waals surface area (Å²) in [7, 11) is 3.33. The molecule has 0 saturated heterocycles. The average molecular weight is 460 g/mol. The first-order chi connectivity index (χ1) is 16.1. The predicted octanol–water partition coefficient (Wildman–Crippen LogP) is 2.35. The number of H-pyrrole nitrogens is 2. The molecule has 0 aliphatic heterocycles. The molecule has 0 amide bonds. The van der Waals surface area contributed by atoms with Crippen molar-refractivity contribution in [1.29, 1.82) is 0 Å². The number of benzene rings is 1. The lowest BCUT2D eigenvalue weighted by Gasteiger charge is -2.20. The molecule has 4 heterocycles. The molecule has 1 aromatic carbocycles. The summed E-state index contributed by atoms with van der Waals surface area (Å²) in [5.41, 5.74) is 2.05. The van der Waals surface area contributed by atoms with Crippen molar-refractivity contribution in [2.75, 3.05) is 0 Å². The van der Waals surface area contributed by atoms with Gasteiger partial charge in [0, 0.05) is 14.1 Å². The van der Waals surface area contributed by atoms with Crippen molar-refractivity contribution in [2.45, 2.75) is 26.7 Å². The van der Waals surface area contributed by atoms with Gasteiger partial charge in [0.05, 0.1) is 39.2 Å². The number of aromatic nitrogens is 6. The zero-order valence-corrected chi connectivity index (χ0v) is 19.4. The van der Waals surface area contributed by atoms with E-state index in [1.165, 1.54) is 9.36 Å². The molecule has 10 heteroatoms. The Balaban J connectivity index is 1.94. The first-order valence-electron chi connectivity index (χ1n) is 10.7. The number of nitrogens with one attached hydrogen (secondary N) is 2. The van der Waals surface area contributed by atoms with E-state index >= 15 is 0 Å². The molecule has 0 aliphatic carbocycles. The van der Waals surface area contributed by atoms with Crippen molar-refractivity contribution >= 4 is 22.1 Å². The van der Waals surface area contributed by atoms with Crippen LogP contribution in [0.2, 0.25) is 0 Å². The summed E-state index contributed by atoms with van der Waals surface area (Å²) in [6.45, 7) is 5.37. The Morgan fingerprint density at radius 2 is 1.18 bits per heavy atom. The van der Waals surface area contributed by atoms with E-state index < -0.39 is 17.0 Å². The van der Waals surface area contributed by atoms with Crippen molar-refractivity contribution in [1.82, 2.24) is 29.5 Å². The van der Waals surface area contributed by atoms with E-state index in [0.29, 0.717) is 39.0 Å². The molecular weight excluding hydrogens is 436 g/mol. The van der Waals surface area contributed by atoms with E-state index in [1.54, 1.807) is 40.1 Å². The van der Waals surface area contributed by atoms with Crippen LogP contribution in [0.3, 0.4) is 0 Å². The maximum atomic E-state index is 13.4. The normalized spacial score (nSPS) is 11.8.